The number of aromatic amines is 1. The van der Waals surface area contributed by atoms with Gasteiger partial charge in [0.1, 0.15) is 5.82 Å². The molecule has 0 bridgehead atoms. The van der Waals surface area contributed by atoms with E-state index in [4.69, 9.17) is 0 Å². The third-order valence-electron chi connectivity index (χ3n) is 4.96. The highest BCUT2D eigenvalue weighted by Crippen LogP contribution is 2.18. The van der Waals surface area contributed by atoms with Crippen molar-refractivity contribution in [2.75, 3.05) is 19.6 Å². The zero-order valence-electron chi connectivity index (χ0n) is 15.2. The Kier molecular flexibility index (Phi) is 7.60. The van der Waals surface area contributed by atoms with Crippen molar-refractivity contribution < 1.29 is 4.79 Å². The molecule has 1 aromatic heterocycles. The van der Waals surface area contributed by atoms with Gasteiger partial charge in [-0.25, -0.2) is 4.98 Å². The summed E-state index contributed by atoms with van der Waals surface area (Å²) in [5.41, 5.74) is 0.512. The highest BCUT2D eigenvalue weighted by molar-refractivity contribution is 5.85. The first-order chi connectivity index (χ1) is 12.2. The Labute approximate surface area is 159 Å². The first-order valence-electron chi connectivity index (χ1n) is 9.13. The molecule has 1 saturated heterocycles. The first kappa shape index (κ1) is 20.4. The fraction of sp³-hybridized carbons (Fsp3) is 0.526. The number of para-hydroxylation sites is 1. The van der Waals surface area contributed by atoms with Crippen LogP contribution in [0.1, 0.15) is 38.4 Å². The van der Waals surface area contributed by atoms with Gasteiger partial charge in [-0.2, -0.15) is 0 Å². The SMILES string of the molecule is CCN(Cc1nc2ccccc2c(=O)[nH]1)C(=O)CCC1CCNCC1.Cl. The normalized spacial score (nSPS) is 14.8. The molecule has 7 heteroatoms. The van der Waals surface area contributed by atoms with Crippen LogP contribution in [0.5, 0.6) is 0 Å². The summed E-state index contributed by atoms with van der Waals surface area (Å²) in [7, 11) is 0. The van der Waals surface area contributed by atoms with Crippen LogP contribution in [-0.2, 0) is 11.3 Å². The molecule has 3 rings (SSSR count). The van der Waals surface area contributed by atoms with E-state index in [0.717, 1.165) is 32.4 Å². The van der Waals surface area contributed by atoms with Crippen LogP contribution < -0.4 is 10.9 Å². The number of hydrogen-bond donors (Lipinski definition) is 2. The summed E-state index contributed by atoms with van der Waals surface area (Å²) in [5.74, 6) is 1.32. The second kappa shape index (κ2) is 9.69. The molecule has 0 unspecified atom stereocenters. The van der Waals surface area contributed by atoms with Gasteiger partial charge in [-0.05, 0) is 57.3 Å². The van der Waals surface area contributed by atoms with E-state index in [1.807, 2.05) is 25.1 Å². The van der Waals surface area contributed by atoms with Gasteiger partial charge in [0, 0.05) is 13.0 Å². The minimum Gasteiger partial charge on any atom is -0.336 e. The molecule has 1 aliphatic rings. The van der Waals surface area contributed by atoms with Gasteiger partial charge >= 0.3 is 0 Å². The number of fused-ring (bicyclic) bond motifs is 1. The van der Waals surface area contributed by atoms with E-state index in [9.17, 15) is 9.59 Å². The zero-order chi connectivity index (χ0) is 17.6. The summed E-state index contributed by atoms with van der Waals surface area (Å²) in [6, 6.07) is 7.26. The predicted octanol–water partition coefficient (Wildman–Crippen LogP) is 2.47. The topological polar surface area (TPSA) is 78.1 Å². The molecule has 1 amide bonds. The zero-order valence-corrected chi connectivity index (χ0v) is 16.0. The van der Waals surface area contributed by atoms with Gasteiger partial charge in [-0.15, -0.1) is 12.4 Å². The number of carbonyl (C=O) groups excluding carboxylic acids is 1. The smallest absolute Gasteiger partial charge is 0.258 e. The minimum absolute atomic E-state index is 0. The number of H-pyrrole nitrogens is 1. The Bertz CT molecular complexity index is 786. The largest absolute Gasteiger partial charge is 0.336 e. The Morgan fingerprint density at radius 3 is 2.73 bits per heavy atom. The third-order valence-corrected chi connectivity index (χ3v) is 4.96. The van der Waals surface area contributed by atoms with E-state index in [0.29, 0.717) is 42.2 Å². The van der Waals surface area contributed by atoms with Crippen molar-refractivity contribution in [1.82, 2.24) is 20.2 Å². The Balaban J connectivity index is 0.00000243. The Morgan fingerprint density at radius 1 is 1.27 bits per heavy atom. The number of nitrogens with one attached hydrogen (secondary N) is 2. The summed E-state index contributed by atoms with van der Waals surface area (Å²) < 4.78 is 0. The van der Waals surface area contributed by atoms with Crippen LogP contribution in [-0.4, -0.2) is 40.4 Å². The highest BCUT2D eigenvalue weighted by atomic mass is 35.5. The molecule has 142 valence electrons. The molecule has 1 aromatic carbocycles. The predicted molar refractivity (Wildman–Crippen MR) is 106 cm³/mol. The van der Waals surface area contributed by atoms with Crippen LogP contribution in [0, 0.1) is 5.92 Å². The van der Waals surface area contributed by atoms with Crippen molar-refractivity contribution in [2.45, 2.75) is 39.2 Å². The van der Waals surface area contributed by atoms with Crippen LogP contribution in [0.2, 0.25) is 0 Å². The summed E-state index contributed by atoms with van der Waals surface area (Å²) in [5, 5.41) is 3.93. The average Bonchev–Trinajstić information content (AvgIpc) is 2.65. The molecular weight excluding hydrogens is 352 g/mol. The molecule has 1 aliphatic heterocycles. The summed E-state index contributed by atoms with van der Waals surface area (Å²) in [6.45, 7) is 5.03. The maximum atomic E-state index is 12.6. The molecule has 1 fully saturated rings. The van der Waals surface area contributed by atoms with E-state index >= 15 is 0 Å². The molecule has 2 heterocycles. The van der Waals surface area contributed by atoms with E-state index in [-0.39, 0.29) is 23.9 Å². The summed E-state index contributed by atoms with van der Waals surface area (Å²) >= 11 is 0. The number of halogens is 1. The molecular formula is C19H27ClN4O2. The van der Waals surface area contributed by atoms with Crippen molar-refractivity contribution in [2.24, 2.45) is 5.92 Å². The van der Waals surface area contributed by atoms with Crippen LogP contribution in [0.25, 0.3) is 10.9 Å². The van der Waals surface area contributed by atoms with Gasteiger partial charge in [0.15, 0.2) is 0 Å². The second-order valence-corrected chi connectivity index (χ2v) is 6.67. The Hall–Kier alpha value is -1.92. The van der Waals surface area contributed by atoms with E-state index in [1.165, 1.54) is 0 Å². The van der Waals surface area contributed by atoms with Gasteiger partial charge < -0.3 is 15.2 Å². The number of rotatable bonds is 6. The van der Waals surface area contributed by atoms with Gasteiger partial charge in [-0.3, -0.25) is 9.59 Å². The third kappa shape index (κ3) is 5.05. The standard InChI is InChI=1S/C19H26N4O2.ClH/c1-2-23(18(24)8-7-14-9-11-20-12-10-14)13-17-21-16-6-4-3-5-15(16)19(25)22-17;/h3-6,14,20H,2,7-13H2,1H3,(H,21,22,25);1H. The molecule has 26 heavy (non-hydrogen) atoms. The monoisotopic (exact) mass is 378 g/mol. The number of piperidine rings is 1. The molecule has 0 saturated carbocycles. The number of carbonyl (C=O) groups is 1. The lowest BCUT2D eigenvalue weighted by molar-refractivity contribution is -0.132. The van der Waals surface area contributed by atoms with Gasteiger partial charge in [0.05, 0.1) is 17.4 Å². The minimum atomic E-state index is -0.154. The van der Waals surface area contributed by atoms with Crippen molar-refractivity contribution in [3.63, 3.8) is 0 Å². The Morgan fingerprint density at radius 2 is 2.00 bits per heavy atom. The second-order valence-electron chi connectivity index (χ2n) is 6.67. The van der Waals surface area contributed by atoms with Gasteiger partial charge in [0.25, 0.3) is 5.56 Å². The van der Waals surface area contributed by atoms with Crippen LogP contribution in [0.4, 0.5) is 0 Å². The van der Waals surface area contributed by atoms with E-state index in [1.54, 1.807) is 11.0 Å². The lowest BCUT2D eigenvalue weighted by Crippen LogP contribution is -2.33. The first-order valence-corrected chi connectivity index (χ1v) is 9.13. The highest BCUT2D eigenvalue weighted by Gasteiger charge is 2.18. The quantitative estimate of drug-likeness (QED) is 0.809. The average molecular weight is 379 g/mol. The number of amides is 1. The number of hydrogen-bond acceptors (Lipinski definition) is 4. The molecule has 0 atom stereocenters. The maximum Gasteiger partial charge on any atom is 0.258 e. The van der Waals surface area contributed by atoms with Gasteiger partial charge in [0.2, 0.25) is 5.91 Å². The van der Waals surface area contributed by atoms with Crippen LogP contribution in [0.15, 0.2) is 29.1 Å². The number of nitrogens with zero attached hydrogens (tertiary/aromatic N) is 2. The van der Waals surface area contributed by atoms with Crippen molar-refractivity contribution in [1.29, 1.82) is 0 Å². The van der Waals surface area contributed by atoms with E-state index < -0.39 is 0 Å². The van der Waals surface area contributed by atoms with Gasteiger partial charge in [-0.1, -0.05) is 12.1 Å². The summed E-state index contributed by atoms with van der Waals surface area (Å²) in [6.07, 6.45) is 3.81. The molecule has 0 radical (unpaired) electrons. The lowest BCUT2D eigenvalue weighted by atomic mass is 9.93. The lowest BCUT2D eigenvalue weighted by Gasteiger charge is -2.24. The fourth-order valence-electron chi connectivity index (χ4n) is 3.42. The maximum absolute atomic E-state index is 12.6. The number of benzene rings is 1. The summed E-state index contributed by atoms with van der Waals surface area (Å²) in [4.78, 5) is 33.8. The van der Waals surface area contributed by atoms with Crippen LogP contribution in [0.3, 0.4) is 0 Å². The fourth-order valence-corrected chi connectivity index (χ4v) is 3.42. The number of aromatic nitrogens is 2. The molecule has 0 aliphatic carbocycles. The van der Waals surface area contributed by atoms with Crippen molar-refractivity contribution in [3.8, 4) is 0 Å². The molecule has 2 N–H and O–H groups in total. The van der Waals surface area contributed by atoms with Crippen molar-refractivity contribution >= 4 is 29.2 Å². The van der Waals surface area contributed by atoms with Crippen LogP contribution >= 0.6 is 12.4 Å². The molecule has 2 aromatic rings. The van der Waals surface area contributed by atoms with E-state index in [2.05, 4.69) is 15.3 Å². The molecule has 0 spiro atoms. The molecule has 6 nitrogen and oxygen atoms in total. The van der Waals surface area contributed by atoms with Crippen molar-refractivity contribution in [3.05, 3.63) is 40.4 Å².